The van der Waals surface area contributed by atoms with E-state index in [0.29, 0.717) is 22.9 Å². The zero-order chi connectivity index (χ0) is 13.8. The van der Waals surface area contributed by atoms with Crippen molar-refractivity contribution in [3.8, 4) is 0 Å². The first-order valence-electron chi connectivity index (χ1n) is 5.51. The number of esters is 1. The van der Waals surface area contributed by atoms with E-state index in [2.05, 4.69) is 15.2 Å². The van der Waals surface area contributed by atoms with E-state index in [4.69, 9.17) is 10.5 Å². The molecule has 0 amide bonds. The number of carbonyl (C=O) groups is 1. The molecule has 0 radical (unpaired) electrons. The Morgan fingerprint density at radius 2 is 2.32 bits per heavy atom. The molecule has 2 heterocycles. The van der Waals surface area contributed by atoms with Crippen LogP contribution in [0.5, 0.6) is 0 Å². The van der Waals surface area contributed by atoms with Crippen molar-refractivity contribution in [2.45, 2.75) is 23.2 Å². The summed E-state index contributed by atoms with van der Waals surface area (Å²) in [6, 6.07) is 1.54. The molecule has 0 unspecified atom stereocenters. The summed E-state index contributed by atoms with van der Waals surface area (Å²) in [6.45, 7) is 3.92. The minimum absolute atomic E-state index is 0.304. The standard InChI is InChI=1S/C11H12N4O2S2/c1-3-17-10(16)7-4-5-13-9(8(7)12)19-11-15-14-6(2)18-11/h4-5H,3,12H2,1-2H3. The fourth-order valence-corrected chi connectivity index (χ4v) is 3.09. The predicted molar refractivity (Wildman–Crippen MR) is 73.4 cm³/mol. The van der Waals surface area contributed by atoms with Gasteiger partial charge in [-0.1, -0.05) is 11.3 Å². The van der Waals surface area contributed by atoms with Gasteiger partial charge >= 0.3 is 5.97 Å². The summed E-state index contributed by atoms with van der Waals surface area (Å²) in [6.07, 6.45) is 1.53. The number of nitrogen functional groups attached to an aromatic ring is 1. The molecule has 0 aliphatic heterocycles. The number of pyridine rings is 1. The van der Waals surface area contributed by atoms with Gasteiger partial charge in [0.25, 0.3) is 0 Å². The Morgan fingerprint density at radius 1 is 1.53 bits per heavy atom. The average Bonchev–Trinajstić information content (AvgIpc) is 2.78. The third-order valence-corrected chi connectivity index (χ3v) is 4.05. The molecule has 0 saturated heterocycles. The maximum absolute atomic E-state index is 11.7. The number of ether oxygens (including phenoxy) is 1. The van der Waals surface area contributed by atoms with Crippen LogP contribution in [0.4, 0.5) is 5.69 Å². The summed E-state index contributed by atoms with van der Waals surface area (Å²) in [5.41, 5.74) is 6.57. The van der Waals surface area contributed by atoms with Crippen LogP contribution in [-0.2, 0) is 4.74 Å². The highest BCUT2D eigenvalue weighted by Crippen LogP contribution is 2.33. The van der Waals surface area contributed by atoms with Crippen molar-refractivity contribution >= 4 is 34.8 Å². The zero-order valence-electron chi connectivity index (χ0n) is 10.4. The van der Waals surface area contributed by atoms with E-state index in [0.717, 1.165) is 9.35 Å². The van der Waals surface area contributed by atoms with Crippen molar-refractivity contribution < 1.29 is 9.53 Å². The second-order valence-electron chi connectivity index (χ2n) is 3.49. The van der Waals surface area contributed by atoms with E-state index in [9.17, 15) is 4.79 Å². The lowest BCUT2D eigenvalue weighted by molar-refractivity contribution is 0.0527. The van der Waals surface area contributed by atoms with Gasteiger partial charge in [-0.05, 0) is 31.7 Å². The molecule has 2 rings (SSSR count). The van der Waals surface area contributed by atoms with Gasteiger partial charge in [-0.15, -0.1) is 10.2 Å². The molecular formula is C11H12N4O2S2. The highest BCUT2D eigenvalue weighted by molar-refractivity contribution is 8.01. The monoisotopic (exact) mass is 296 g/mol. The number of aromatic nitrogens is 3. The fraction of sp³-hybridized carbons (Fsp3) is 0.273. The Morgan fingerprint density at radius 3 is 2.95 bits per heavy atom. The van der Waals surface area contributed by atoms with Crippen LogP contribution in [0.2, 0.25) is 0 Å². The van der Waals surface area contributed by atoms with Crippen molar-refractivity contribution in [3.63, 3.8) is 0 Å². The van der Waals surface area contributed by atoms with Gasteiger partial charge < -0.3 is 10.5 Å². The van der Waals surface area contributed by atoms with Crippen LogP contribution in [0.15, 0.2) is 21.6 Å². The Labute approximate surface area is 118 Å². The lowest BCUT2D eigenvalue weighted by Gasteiger charge is -2.07. The number of rotatable bonds is 4. The van der Waals surface area contributed by atoms with Gasteiger partial charge in [-0.25, -0.2) is 9.78 Å². The van der Waals surface area contributed by atoms with Gasteiger partial charge in [0, 0.05) is 6.20 Å². The maximum atomic E-state index is 11.7. The highest BCUT2D eigenvalue weighted by atomic mass is 32.2. The Hall–Kier alpha value is -1.67. The smallest absolute Gasteiger partial charge is 0.340 e. The molecule has 0 aliphatic carbocycles. The first-order chi connectivity index (χ1) is 9.11. The van der Waals surface area contributed by atoms with E-state index in [1.54, 1.807) is 13.0 Å². The summed E-state index contributed by atoms with van der Waals surface area (Å²) < 4.78 is 5.67. The second kappa shape index (κ2) is 5.98. The zero-order valence-corrected chi connectivity index (χ0v) is 12.0. The van der Waals surface area contributed by atoms with Crippen LogP contribution in [0.25, 0.3) is 0 Å². The third-order valence-electron chi connectivity index (χ3n) is 2.14. The number of nitrogens with zero attached hydrogens (tertiary/aromatic N) is 3. The third kappa shape index (κ3) is 3.21. The summed E-state index contributed by atoms with van der Waals surface area (Å²) in [4.78, 5) is 15.9. The molecule has 2 aromatic rings. The summed E-state index contributed by atoms with van der Waals surface area (Å²) in [5, 5.41) is 9.29. The van der Waals surface area contributed by atoms with Gasteiger partial charge in [0.1, 0.15) is 10.0 Å². The van der Waals surface area contributed by atoms with Gasteiger partial charge in [0.15, 0.2) is 4.34 Å². The molecule has 0 aliphatic rings. The van der Waals surface area contributed by atoms with E-state index in [1.165, 1.54) is 29.3 Å². The van der Waals surface area contributed by atoms with Gasteiger partial charge in [0.05, 0.1) is 17.9 Å². The Bertz CT molecular complexity index is 600. The molecule has 0 bridgehead atoms. The first kappa shape index (κ1) is 13.8. The Kier molecular flexibility index (Phi) is 4.33. The van der Waals surface area contributed by atoms with Gasteiger partial charge in [-0.3, -0.25) is 0 Å². The van der Waals surface area contributed by atoms with E-state index >= 15 is 0 Å². The second-order valence-corrected chi connectivity index (χ2v) is 5.90. The lowest BCUT2D eigenvalue weighted by Crippen LogP contribution is -2.09. The molecule has 0 fully saturated rings. The van der Waals surface area contributed by atoms with E-state index in [1.807, 2.05) is 6.92 Å². The molecule has 19 heavy (non-hydrogen) atoms. The van der Waals surface area contributed by atoms with Gasteiger partial charge in [0.2, 0.25) is 0 Å². The van der Waals surface area contributed by atoms with Crippen molar-refractivity contribution in [1.82, 2.24) is 15.2 Å². The van der Waals surface area contributed by atoms with E-state index in [-0.39, 0.29) is 0 Å². The minimum Gasteiger partial charge on any atom is -0.462 e. The number of anilines is 1. The predicted octanol–water partition coefficient (Wildman–Crippen LogP) is 2.15. The molecular weight excluding hydrogens is 284 g/mol. The minimum atomic E-state index is -0.447. The summed E-state index contributed by atoms with van der Waals surface area (Å²) in [5.74, 6) is -0.447. The van der Waals surface area contributed by atoms with Crippen LogP contribution < -0.4 is 5.73 Å². The molecule has 6 nitrogen and oxygen atoms in total. The van der Waals surface area contributed by atoms with Crippen LogP contribution >= 0.6 is 23.1 Å². The molecule has 100 valence electrons. The fourth-order valence-electron chi connectivity index (χ4n) is 1.32. The number of hydrogen-bond acceptors (Lipinski definition) is 8. The number of nitrogens with two attached hydrogens (primary N) is 1. The van der Waals surface area contributed by atoms with Crippen molar-refractivity contribution in [3.05, 3.63) is 22.8 Å². The number of carbonyl (C=O) groups excluding carboxylic acids is 1. The molecule has 2 aromatic heterocycles. The van der Waals surface area contributed by atoms with Gasteiger partial charge in [-0.2, -0.15) is 0 Å². The van der Waals surface area contributed by atoms with Crippen LogP contribution in [0, 0.1) is 6.92 Å². The quantitative estimate of drug-likeness (QED) is 0.864. The molecule has 2 N–H and O–H groups in total. The average molecular weight is 296 g/mol. The topological polar surface area (TPSA) is 91.0 Å². The van der Waals surface area contributed by atoms with Crippen molar-refractivity contribution in [1.29, 1.82) is 0 Å². The van der Waals surface area contributed by atoms with Crippen LogP contribution in [0.3, 0.4) is 0 Å². The SMILES string of the molecule is CCOC(=O)c1ccnc(Sc2nnc(C)s2)c1N. The lowest BCUT2D eigenvalue weighted by atomic mass is 10.2. The number of hydrogen-bond donors (Lipinski definition) is 1. The van der Waals surface area contributed by atoms with Crippen LogP contribution in [-0.4, -0.2) is 27.8 Å². The largest absolute Gasteiger partial charge is 0.462 e. The van der Waals surface area contributed by atoms with Crippen LogP contribution in [0.1, 0.15) is 22.3 Å². The highest BCUT2D eigenvalue weighted by Gasteiger charge is 2.16. The van der Waals surface area contributed by atoms with E-state index < -0.39 is 5.97 Å². The number of aryl methyl sites for hydroxylation is 1. The van der Waals surface area contributed by atoms with Crippen molar-refractivity contribution in [2.75, 3.05) is 12.3 Å². The molecule has 0 atom stereocenters. The van der Waals surface area contributed by atoms with Crippen molar-refractivity contribution in [2.24, 2.45) is 0 Å². The normalized spacial score (nSPS) is 10.4. The molecule has 0 aromatic carbocycles. The first-order valence-corrected chi connectivity index (χ1v) is 7.14. The summed E-state index contributed by atoms with van der Waals surface area (Å²) in [7, 11) is 0. The Balaban J connectivity index is 2.27. The molecule has 0 spiro atoms. The maximum Gasteiger partial charge on any atom is 0.340 e. The summed E-state index contributed by atoms with van der Waals surface area (Å²) >= 11 is 2.73. The molecule has 8 heteroatoms. The molecule has 0 saturated carbocycles.